The summed E-state index contributed by atoms with van der Waals surface area (Å²) in [5, 5.41) is 0.00916. The molecule has 8 heteroatoms. The first kappa shape index (κ1) is 18.8. The third kappa shape index (κ3) is 3.22. The molecule has 1 unspecified atom stereocenters. The molecule has 0 bridgehead atoms. The number of ether oxygens (including phenoxy) is 1. The van der Waals surface area contributed by atoms with Crippen LogP contribution >= 0.6 is 11.6 Å². The minimum atomic E-state index is -3.99. The minimum absolute atomic E-state index is 0.00916. The minimum Gasteiger partial charge on any atom is -0.465 e. The average Bonchev–Trinajstić information content (AvgIpc) is 2.61. The zero-order valence-electron chi connectivity index (χ0n) is 14.2. The van der Waals surface area contributed by atoms with Gasteiger partial charge in [0.25, 0.3) is 0 Å². The van der Waals surface area contributed by atoms with E-state index < -0.39 is 27.9 Å². The normalized spacial score (nSPS) is 17.6. The number of sulfonamides is 1. The molecule has 1 heterocycles. The molecule has 2 aromatic carbocycles. The highest BCUT2D eigenvalue weighted by atomic mass is 35.5. The van der Waals surface area contributed by atoms with Gasteiger partial charge in [0.2, 0.25) is 10.0 Å². The molecule has 0 N–H and O–H groups in total. The van der Waals surface area contributed by atoms with Gasteiger partial charge in [0.15, 0.2) is 0 Å². The predicted molar refractivity (Wildman–Crippen MR) is 95.2 cm³/mol. The molecule has 2 aromatic rings. The van der Waals surface area contributed by atoms with Crippen LogP contribution in [-0.4, -0.2) is 32.3 Å². The summed E-state index contributed by atoms with van der Waals surface area (Å²) in [5.74, 6) is -1.07. The second kappa shape index (κ2) is 6.98. The van der Waals surface area contributed by atoms with Crippen LogP contribution in [0, 0.1) is 5.82 Å². The van der Waals surface area contributed by atoms with Gasteiger partial charge >= 0.3 is 5.97 Å². The standard InChI is InChI=1S/C18H17ClFNO4S/c1-11-15-10-14(20)5-3-12(15)7-8-21(11)26(23,24)17-9-13(18(22)25-2)4-6-16(17)19/h3-6,9-11H,7-8H2,1-2H3. The second-order valence-corrected chi connectivity index (χ2v) is 8.29. The van der Waals surface area contributed by atoms with Gasteiger partial charge < -0.3 is 4.74 Å². The Kier molecular flexibility index (Phi) is 5.05. The number of hydrogen-bond acceptors (Lipinski definition) is 4. The van der Waals surface area contributed by atoms with Crippen molar-refractivity contribution in [3.63, 3.8) is 0 Å². The van der Waals surface area contributed by atoms with Crippen LogP contribution in [0.1, 0.15) is 34.5 Å². The summed E-state index contributed by atoms with van der Waals surface area (Å²) < 4.78 is 45.9. The third-order valence-electron chi connectivity index (χ3n) is 4.53. The number of carbonyl (C=O) groups is 1. The molecule has 138 valence electrons. The molecule has 1 aliphatic heterocycles. The number of methoxy groups -OCH3 is 1. The Morgan fingerprint density at radius 2 is 2.00 bits per heavy atom. The van der Waals surface area contributed by atoms with E-state index in [0.717, 1.165) is 5.56 Å². The Labute approximate surface area is 156 Å². The monoisotopic (exact) mass is 397 g/mol. The van der Waals surface area contributed by atoms with Gasteiger partial charge in [-0.15, -0.1) is 0 Å². The van der Waals surface area contributed by atoms with Crippen molar-refractivity contribution in [3.05, 3.63) is 63.9 Å². The van der Waals surface area contributed by atoms with Crippen LogP contribution in [0.25, 0.3) is 0 Å². The number of nitrogens with zero attached hydrogens (tertiary/aromatic N) is 1. The van der Waals surface area contributed by atoms with Crippen LogP contribution in [0.15, 0.2) is 41.3 Å². The number of rotatable bonds is 3. The summed E-state index contributed by atoms with van der Waals surface area (Å²) in [4.78, 5) is 11.6. The van der Waals surface area contributed by atoms with Crippen molar-refractivity contribution in [1.29, 1.82) is 0 Å². The Morgan fingerprint density at radius 3 is 2.69 bits per heavy atom. The van der Waals surface area contributed by atoms with Gasteiger partial charge in [-0.1, -0.05) is 17.7 Å². The lowest BCUT2D eigenvalue weighted by Crippen LogP contribution is -2.39. The summed E-state index contributed by atoms with van der Waals surface area (Å²) >= 11 is 6.10. The molecular formula is C18H17ClFNO4S. The topological polar surface area (TPSA) is 63.7 Å². The van der Waals surface area contributed by atoms with E-state index in [-0.39, 0.29) is 22.0 Å². The summed E-state index contributed by atoms with van der Waals surface area (Å²) in [6.45, 7) is 1.94. The maximum atomic E-state index is 13.6. The number of carbonyl (C=O) groups excluding carboxylic acids is 1. The molecule has 0 fully saturated rings. The molecule has 0 aromatic heterocycles. The molecule has 0 radical (unpaired) electrons. The molecule has 3 rings (SSSR count). The van der Waals surface area contributed by atoms with Gasteiger partial charge in [-0.05, 0) is 54.8 Å². The number of halogens is 2. The van der Waals surface area contributed by atoms with Crippen LogP contribution in [0.2, 0.25) is 5.02 Å². The Hall–Kier alpha value is -1.96. The maximum absolute atomic E-state index is 13.6. The fourth-order valence-electron chi connectivity index (χ4n) is 3.16. The molecule has 0 saturated heterocycles. The van der Waals surface area contributed by atoms with E-state index in [1.807, 2.05) is 0 Å². The highest BCUT2D eigenvalue weighted by Crippen LogP contribution is 2.36. The Morgan fingerprint density at radius 1 is 1.27 bits per heavy atom. The van der Waals surface area contributed by atoms with Gasteiger partial charge in [0.05, 0.1) is 17.7 Å². The first-order valence-corrected chi connectivity index (χ1v) is 9.75. The largest absolute Gasteiger partial charge is 0.465 e. The van der Waals surface area contributed by atoms with Gasteiger partial charge in [0, 0.05) is 12.6 Å². The predicted octanol–water partition coefficient (Wildman–Crippen LogP) is 3.57. The van der Waals surface area contributed by atoms with Gasteiger partial charge in [-0.3, -0.25) is 0 Å². The van der Waals surface area contributed by atoms with Crippen LogP contribution in [0.4, 0.5) is 4.39 Å². The number of esters is 1. The Balaban J connectivity index is 2.05. The zero-order chi connectivity index (χ0) is 19.1. The fraction of sp³-hybridized carbons (Fsp3) is 0.278. The zero-order valence-corrected chi connectivity index (χ0v) is 15.8. The van der Waals surface area contributed by atoms with Crippen molar-refractivity contribution in [1.82, 2.24) is 4.31 Å². The summed E-state index contributed by atoms with van der Waals surface area (Å²) in [7, 11) is -2.78. The van der Waals surface area contributed by atoms with Crippen molar-refractivity contribution < 1.29 is 22.3 Å². The van der Waals surface area contributed by atoms with E-state index in [1.54, 1.807) is 13.0 Å². The summed E-state index contributed by atoms with van der Waals surface area (Å²) in [6, 6.07) is 7.80. The van der Waals surface area contributed by atoms with Crippen molar-refractivity contribution in [2.45, 2.75) is 24.3 Å². The molecule has 5 nitrogen and oxygen atoms in total. The maximum Gasteiger partial charge on any atom is 0.337 e. The molecule has 0 amide bonds. The van der Waals surface area contributed by atoms with Crippen molar-refractivity contribution in [2.75, 3.05) is 13.7 Å². The molecule has 0 spiro atoms. The molecule has 0 aliphatic carbocycles. The summed E-state index contributed by atoms with van der Waals surface area (Å²) in [5.41, 5.74) is 1.63. The third-order valence-corrected chi connectivity index (χ3v) is 6.98. The van der Waals surface area contributed by atoms with Gasteiger partial charge in [-0.25, -0.2) is 17.6 Å². The SMILES string of the molecule is COC(=O)c1ccc(Cl)c(S(=O)(=O)N2CCc3ccc(F)cc3C2C)c1. The molecule has 1 aliphatic rings. The highest BCUT2D eigenvalue weighted by molar-refractivity contribution is 7.89. The second-order valence-electron chi connectivity index (χ2n) is 6.02. The van der Waals surface area contributed by atoms with Crippen molar-refractivity contribution >= 4 is 27.6 Å². The van der Waals surface area contributed by atoms with Crippen LogP contribution in [0.3, 0.4) is 0 Å². The molecule has 0 saturated carbocycles. The van der Waals surface area contributed by atoms with E-state index in [1.165, 1.54) is 41.7 Å². The van der Waals surface area contributed by atoms with Gasteiger partial charge in [-0.2, -0.15) is 4.31 Å². The lowest BCUT2D eigenvalue weighted by atomic mass is 9.95. The number of hydrogen-bond donors (Lipinski definition) is 0. The van der Waals surface area contributed by atoms with Crippen molar-refractivity contribution in [2.24, 2.45) is 0 Å². The van der Waals surface area contributed by atoms with Crippen LogP contribution in [0.5, 0.6) is 0 Å². The van der Waals surface area contributed by atoms with E-state index >= 15 is 0 Å². The van der Waals surface area contributed by atoms with Crippen molar-refractivity contribution in [3.8, 4) is 0 Å². The van der Waals surface area contributed by atoms with Crippen LogP contribution in [-0.2, 0) is 21.2 Å². The van der Waals surface area contributed by atoms with Gasteiger partial charge in [0.1, 0.15) is 10.7 Å². The lowest BCUT2D eigenvalue weighted by molar-refractivity contribution is 0.0600. The van der Waals surface area contributed by atoms with E-state index in [0.29, 0.717) is 12.0 Å². The molecule has 1 atom stereocenters. The smallest absolute Gasteiger partial charge is 0.337 e. The van der Waals surface area contributed by atoms with E-state index in [2.05, 4.69) is 4.74 Å². The number of benzene rings is 2. The molecule has 26 heavy (non-hydrogen) atoms. The Bertz CT molecular complexity index is 977. The van der Waals surface area contributed by atoms with E-state index in [9.17, 15) is 17.6 Å². The highest BCUT2D eigenvalue weighted by Gasteiger charge is 2.35. The lowest BCUT2D eigenvalue weighted by Gasteiger charge is -2.34. The average molecular weight is 398 g/mol. The summed E-state index contributed by atoms with van der Waals surface area (Å²) in [6.07, 6.45) is 0.466. The first-order valence-electron chi connectivity index (χ1n) is 7.93. The fourth-order valence-corrected chi connectivity index (χ4v) is 5.28. The number of fused-ring (bicyclic) bond motifs is 1. The van der Waals surface area contributed by atoms with E-state index in [4.69, 9.17) is 11.6 Å². The first-order chi connectivity index (χ1) is 12.3. The van der Waals surface area contributed by atoms with Crippen LogP contribution < -0.4 is 0 Å². The quantitative estimate of drug-likeness (QED) is 0.743. The molecular weight excluding hydrogens is 381 g/mol.